The molecule has 2 rings (SSSR count). The molecule has 0 radical (unpaired) electrons. The number of fused-ring (bicyclic) bond motifs is 2. The van der Waals surface area contributed by atoms with Crippen LogP contribution >= 0.6 is 0 Å². The maximum atomic E-state index is 11.3. The van der Waals surface area contributed by atoms with E-state index in [1.54, 1.807) is 25.2 Å². The van der Waals surface area contributed by atoms with Gasteiger partial charge in [-0.3, -0.25) is 4.79 Å². The number of ether oxygens (including phenoxy) is 1. The van der Waals surface area contributed by atoms with Crippen LogP contribution in [0.2, 0.25) is 0 Å². The van der Waals surface area contributed by atoms with Gasteiger partial charge in [-0.1, -0.05) is 12.7 Å². The van der Waals surface area contributed by atoms with Gasteiger partial charge in [0.15, 0.2) is 5.78 Å². The van der Waals surface area contributed by atoms with Gasteiger partial charge in [-0.25, -0.2) is 4.79 Å². The Hall–Kier alpha value is -1.90. The second-order valence-electron chi connectivity index (χ2n) is 3.21. The molecule has 0 saturated heterocycles. The molecule has 70 valence electrons. The predicted octanol–water partition coefficient (Wildman–Crippen LogP) is 1.44. The summed E-state index contributed by atoms with van der Waals surface area (Å²) in [6.45, 7) is 5.02. The van der Waals surface area contributed by atoms with Crippen molar-refractivity contribution in [1.82, 2.24) is 0 Å². The molecule has 0 spiro atoms. The predicted molar refractivity (Wildman–Crippen MR) is 50.2 cm³/mol. The van der Waals surface area contributed by atoms with Crippen molar-refractivity contribution in [1.29, 1.82) is 0 Å². The lowest BCUT2D eigenvalue weighted by Crippen LogP contribution is -2.04. The smallest absolute Gasteiger partial charge is 0.338 e. The van der Waals surface area contributed by atoms with Gasteiger partial charge < -0.3 is 4.74 Å². The second kappa shape index (κ2) is 2.80. The molecular formula is C11H8O3. The largest absolute Gasteiger partial charge is 0.422 e. The molecule has 3 nitrogen and oxygen atoms in total. The van der Waals surface area contributed by atoms with Gasteiger partial charge >= 0.3 is 5.97 Å². The van der Waals surface area contributed by atoms with Crippen molar-refractivity contribution < 1.29 is 14.3 Å². The van der Waals surface area contributed by atoms with Crippen LogP contribution in [0.15, 0.2) is 47.3 Å². The molecule has 0 heterocycles. The Morgan fingerprint density at radius 3 is 2.57 bits per heavy atom. The molecule has 0 saturated carbocycles. The van der Waals surface area contributed by atoms with Crippen LogP contribution in [0.5, 0.6) is 0 Å². The van der Waals surface area contributed by atoms with Crippen LogP contribution in [0.25, 0.3) is 0 Å². The Morgan fingerprint density at radius 1 is 1.43 bits per heavy atom. The molecule has 2 aliphatic rings. The number of hydrogen-bond acceptors (Lipinski definition) is 3. The summed E-state index contributed by atoms with van der Waals surface area (Å²) in [5, 5.41) is 0. The number of carbonyl (C=O) groups excluding carboxylic acids is 2. The topological polar surface area (TPSA) is 43.4 Å². The highest BCUT2D eigenvalue weighted by Crippen LogP contribution is 2.30. The lowest BCUT2D eigenvalue weighted by Gasteiger charge is -2.03. The molecular weight excluding hydrogens is 180 g/mol. The summed E-state index contributed by atoms with van der Waals surface area (Å²) in [7, 11) is 0. The van der Waals surface area contributed by atoms with Gasteiger partial charge in [0.05, 0.1) is 5.57 Å². The minimum Gasteiger partial charge on any atom is -0.422 e. The van der Waals surface area contributed by atoms with Crippen LogP contribution < -0.4 is 0 Å². The van der Waals surface area contributed by atoms with Gasteiger partial charge in [0.25, 0.3) is 0 Å². The third kappa shape index (κ3) is 1.14. The molecule has 0 aromatic carbocycles. The van der Waals surface area contributed by atoms with Crippen LogP contribution in [-0.4, -0.2) is 11.8 Å². The number of carbonyl (C=O) groups is 2. The average Bonchev–Trinajstić information content (AvgIpc) is 2.61. The summed E-state index contributed by atoms with van der Waals surface area (Å²) < 4.78 is 4.97. The molecule has 0 aliphatic heterocycles. The lowest BCUT2D eigenvalue weighted by atomic mass is 10.2. The first-order chi connectivity index (χ1) is 6.59. The highest BCUT2D eigenvalue weighted by Gasteiger charge is 2.29. The van der Waals surface area contributed by atoms with E-state index in [1.165, 1.54) is 0 Å². The Labute approximate surface area is 81.1 Å². The summed E-state index contributed by atoms with van der Waals surface area (Å²) in [4.78, 5) is 22.5. The van der Waals surface area contributed by atoms with E-state index in [4.69, 9.17) is 4.74 Å². The monoisotopic (exact) mass is 188 g/mol. The van der Waals surface area contributed by atoms with Crippen molar-refractivity contribution in [2.45, 2.75) is 6.92 Å². The number of esters is 1. The number of ketones is 1. The highest BCUT2D eigenvalue weighted by molar-refractivity contribution is 6.18. The van der Waals surface area contributed by atoms with E-state index in [2.05, 4.69) is 6.58 Å². The van der Waals surface area contributed by atoms with Gasteiger partial charge in [0.1, 0.15) is 5.76 Å². The van der Waals surface area contributed by atoms with Crippen molar-refractivity contribution >= 4 is 11.8 Å². The highest BCUT2D eigenvalue weighted by atomic mass is 16.5. The van der Waals surface area contributed by atoms with E-state index >= 15 is 0 Å². The normalized spacial score (nSPS) is 17.5. The minimum absolute atomic E-state index is 0.0745. The van der Waals surface area contributed by atoms with Gasteiger partial charge in [-0.05, 0) is 19.1 Å². The number of allylic oxidation sites excluding steroid dienone is 5. The number of rotatable bonds is 2. The fourth-order valence-corrected chi connectivity index (χ4v) is 1.28. The van der Waals surface area contributed by atoms with Gasteiger partial charge in [-0.2, -0.15) is 0 Å². The Morgan fingerprint density at radius 2 is 2.14 bits per heavy atom. The average molecular weight is 188 g/mol. The maximum Gasteiger partial charge on any atom is 0.338 e. The fraction of sp³-hybridized carbons (Fsp3) is 0.0909. The molecule has 0 N–H and O–H groups in total. The molecule has 0 unspecified atom stereocenters. The van der Waals surface area contributed by atoms with Crippen LogP contribution in [-0.2, 0) is 14.3 Å². The van der Waals surface area contributed by atoms with Crippen LogP contribution in [0.1, 0.15) is 6.92 Å². The van der Waals surface area contributed by atoms with Gasteiger partial charge in [0.2, 0.25) is 0 Å². The van der Waals surface area contributed by atoms with E-state index in [0.717, 1.165) is 0 Å². The van der Waals surface area contributed by atoms with E-state index in [9.17, 15) is 9.59 Å². The fourth-order valence-electron chi connectivity index (χ4n) is 1.28. The van der Waals surface area contributed by atoms with Gasteiger partial charge in [-0.15, -0.1) is 0 Å². The van der Waals surface area contributed by atoms with Crippen molar-refractivity contribution in [3.63, 3.8) is 0 Å². The SMILES string of the molecule is C=C(C)C(=O)OC1=C2C=CC(=C1)C2=O. The zero-order valence-corrected chi connectivity index (χ0v) is 7.66. The second-order valence-corrected chi connectivity index (χ2v) is 3.21. The van der Waals surface area contributed by atoms with E-state index in [0.29, 0.717) is 22.5 Å². The zero-order chi connectivity index (χ0) is 10.3. The Kier molecular flexibility index (Phi) is 1.74. The maximum absolute atomic E-state index is 11.3. The zero-order valence-electron chi connectivity index (χ0n) is 7.66. The molecule has 3 heteroatoms. The van der Waals surface area contributed by atoms with E-state index in [-0.39, 0.29) is 5.78 Å². The third-order valence-corrected chi connectivity index (χ3v) is 2.04. The van der Waals surface area contributed by atoms with Crippen LogP contribution in [0, 0.1) is 0 Å². The first-order valence-corrected chi connectivity index (χ1v) is 4.16. The van der Waals surface area contributed by atoms with E-state index < -0.39 is 5.97 Å². The standard InChI is InChI=1S/C11H8O3/c1-6(2)11(13)14-9-5-7-3-4-8(9)10(7)12/h3-5H,1H2,2H3. The van der Waals surface area contributed by atoms with Crippen molar-refractivity contribution in [2.24, 2.45) is 0 Å². The Bertz CT molecular complexity index is 447. The van der Waals surface area contributed by atoms with Crippen LogP contribution in [0.4, 0.5) is 0 Å². The molecule has 2 bridgehead atoms. The first kappa shape index (κ1) is 8.69. The molecule has 0 aromatic rings. The molecule has 0 atom stereocenters. The minimum atomic E-state index is -0.502. The Balaban J connectivity index is 2.24. The van der Waals surface area contributed by atoms with Crippen molar-refractivity contribution in [3.8, 4) is 0 Å². The summed E-state index contributed by atoms with van der Waals surface area (Å²) >= 11 is 0. The third-order valence-electron chi connectivity index (χ3n) is 2.04. The summed E-state index contributed by atoms with van der Waals surface area (Å²) in [6, 6.07) is 0. The van der Waals surface area contributed by atoms with Crippen LogP contribution in [0.3, 0.4) is 0 Å². The van der Waals surface area contributed by atoms with E-state index in [1.807, 2.05) is 0 Å². The van der Waals surface area contributed by atoms with Crippen molar-refractivity contribution in [2.75, 3.05) is 0 Å². The van der Waals surface area contributed by atoms with Gasteiger partial charge in [0, 0.05) is 11.1 Å². The van der Waals surface area contributed by atoms with Crippen molar-refractivity contribution in [3.05, 3.63) is 47.3 Å². The number of hydrogen-bond donors (Lipinski definition) is 0. The lowest BCUT2D eigenvalue weighted by molar-refractivity contribution is -0.134. The quantitative estimate of drug-likeness (QED) is 0.486. The summed E-state index contributed by atoms with van der Waals surface area (Å²) in [5.74, 6) is -0.242. The summed E-state index contributed by atoms with van der Waals surface area (Å²) in [5.41, 5.74) is 1.34. The first-order valence-electron chi connectivity index (χ1n) is 4.16. The molecule has 2 aliphatic carbocycles. The molecule has 0 fully saturated rings. The summed E-state index contributed by atoms with van der Waals surface area (Å²) in [6.07, 6.45) is 4.92. The molecule has 14 heavy (non-hydrogen) atoms. The molecule has 0 amide bonds. The number of Topliss-reactive ketones (excluding diaryl/α,β-unsaturated/α-hetero) is 1. The molecule has 0 aromatic heterocycles.